The lowest BCUT2D eigenvalue weighted by molar-refractivity contribution is -0.0793. The predicted molar refractivity (Wildman–Crippen MR) is 80.1 cm³/mol. The fourth-order valence-corrected chi connectivity index (χ4v) is 5.98. The molecule has 5 rings (SSSR count). The normalized spacial score (nSPS) is 41.9. The Kier molecular flexibility index (Phi) is 2.79. The third-order valence-corrected chi connectivity index (χ3v) is 6.55. The number of hydrogen-bond acceptors (Lipinski definition) is 2. The Balaban J connectivity index is 1.68. The van der Waals surface area contributed by atoms with E-state index in [1.807, 2.05) is 12.5 Å². The van der Waals surface area contributed by atoms with Crippen molar-refractivity contribution in [1.29, 1.82) is 0 Å². The molecule has 1 aromatic heterocycles. The molecule has 0 radical (unpaired) electrons. The summed E-state index contributed by atoms with van der Waals surface area (Å²) < 4.78 is 2.39. The summed E-state index contributed by atoms with van der Waals surface area (Å²) in [6.45, 7) is 4.49. The molecule has 3 heteroatoms. The zero-order valence-corrected chi connectivity index (χ0v) is 12.8. The molecule has 4 bridgehead atoms. The van der Waals surface area contributed by atoms with Crippen molar-refractivity contribution < 1.29 is 0 Å². The SMILES string of the molecule is CC(n1cncc1[C@@H](C)N)C12CC3CC(CC(C3)C1)C2. The summed E-state index contributed by atoms with van der Waals surface area (Å²) in [5, 5.41) is 0. The highest BCUT2D eigenvalue weighted by molar-refractivity contribution is 5.10. The molecule has 1 heterocycles. The minimum absolute atomic E-state index is 0.0777. The minimum Gasteiger partial charge on any atom is -0.330 e. The van der Waals surface area contributed by atoms with Crippen LogP contribution in [-0.4, -0.2) is 9.55 Å². The lowest BCUT2D eigenvalue weighted by atomic mass is 9.48. The van der Waals surface area contributed by atoms with E-state index in [4.69, 9.17) is 5.73 Å². The molecule has 4 fully saturated rings. The summed E-state index contributed by atoms with van der Waals surface area (Å²) in [5.41, 5.74) is 7.86. The minimum atomic E-state index is 0.0777. The molecule has 1 unspecified atom stereocenters. The van der Waals surface area contributed by atoms with Crippen LogP contribution in [0.4, 0.5) is 0 Å². The fourth-order valence-electron chi connectivity index (χ4n) is 5.98. The first-order valence-electron chi connectivity index (χ1n) is 8.35. The van der Waals surface area contributed by atoms with Gasteiger partial charge in [0, 0.05) is 18.3 Å². The Morgan fingerprint density at radius 1 is 1.15 bits per heavy atom. The van der Waals surface area contributed by atoms with Crippen molar-refractivity contribution >= 4 is 0 Å². The van der Waals surface area contributed by atoms with Gasteiger partial charge < -0.3 is 10.3 Å². The van der Waals surface area contributed by atoms with Crippen LogP contribution in [0.1, 0.15) is 70.2 Å². The quantitative estimate of drug-likeness (QED) is 0.913. The zero-order chi connectivity index (χ0) is 13.9. The number of imidazole rings is 1. The summed E-state index contributed by atoms with van der Waals surface area (Å²) >= 11 is 0. The van der Waals surface area contributed by atoms with Gasteiger partial charge in [-0.15, -0.1) is 0 Å². The Labute approximate surface area is 122 Å². The van der Waals surface area contributed by atoms with Crippen LogP contribution in [0.15, 0.2) is 12.5 Å². The first-order valence-corrected chi connectivity index (χ1v) is 8.35. The second kappa shape index (κ2) is 4.33. The van der Waals surface area contributed by atoms with E-state index in [0.29, 0.717) is 11.5 Å². The van der Waals surface area contributed by atoms with Crippen molar-refractivity contribution in [1.82, 2.24) is 9.55 Å². The van der Waals surface area contributed by atoms with E-state index in [1.54, 1.807) is 0 Å². The van der Waals surface area contributed by atoms with Crippen LogP contribution in [0.2, 0.25) is 0 Å². The molecule has 3 nitrogen and oxygen atoms in total. The van der Waals surface area contributed by atoms with Gasteiger partial charge in [0.2, 0.25) is 0 Å². The molecule has 0 aromatic carbocycles. The van der Waals surface area contributed by atoms with Gasteiger partial charge >= 0.3 is 0 Å². The van der Waals surface area contributed by atoms with Gasteiger partial charge in [0.05, 0.1) is 12.0 Å². The molecule has 2 N–H and O–H groups in total. The van der Waals surface area contributed by atoms with Crippen molar-refractivity contribution in [3.63, 3.8) is 0 Å². The molecule has 4 aliphatic carbocycles. The Morgan fingerprint density at radius 3 is 2.20 bits per heavy atom. The standard InChI is InChI=1S/C17H27N3/c1-11(18)16-9-19-10-20(16)12(2)17-6-13-3-14(7-17)5-15(4-13)8-17/h9-15H,3-8,18H2,1-2H3/t11-,12?,13?,14?,15?,17?/m1/s1. The highest BCUT2D eigenvalue weighted by Gasteiger charge is 2.53. The first kappa shape index (κ1) is 12.9. The molecule has 0 spiro atoms. The molecule has 0 saturated heterocycles. The molecule has 2 atom stereocenters. The van der Waals surface area contributed by atoms with E-state index in [9.17, 15) is 0 Å². The maximum Gasteiger partial charge on any atom is 0.0951 e. The summed E-state index contributed by atoms with van der Waals surface area (Å²) in [7, 11) is 0. The summed E-state index contributed by atoms with van der Waals surface area (Å²) in [5.74, 6) is 3.02. The van der Waals surface area contributed by atoms with Gasteiger partial charge in [0.25, 0.3) is 0 Å². The van der Waals surface area contributed by atoms with Gasteiger partial charge in [0.1, 0.15) is 0 Å². The lowest BCUT2D eigenvalue weighted by Gasteiger charge is -2.59. The van der Waals surface area contributed by atoms with E-state index < -0.39 is 0 Å². The van der Waals surface area contributed by atoms with Gasteiger partial charge in [-0.25, -0.2) is 4.98 Å². The van der Waals surface area contributed by atoms with Gasteiger partial charge in [-0.1, -0.05) is 0 Å². The monoisotopic (exact) mass is 273 g/mol. The van der Waals surface area contributed by atoms with Crippen LogP contribution in [0.5, 0.6) is 0 Å². The van der Waals surface area contributed by atoms with Crippen molar-refractivity contribution in [3.8, 4) is 0 Å². The highest BCUT2D eigenvalue weighted by atomic mass is 15.1. The van der Waals surface area contributed by atoms with Crippen molar-refractivity contribution in [2.24, 2.45) is 28.9 Å². The van der Waals surface area contributed by atoms with Crippen molar-refractivity contribution in [2.75, 3.05) is 0 Å². The molecule has 4 aliphatic rings. The van der Waals surface area contributed by atoms with Gasteiger partial charge in [-0.05, 0) is 75.5 Å². The van der Waals surface area contributed by atoms with E-state index >= 15 is 0 Å². The highest BCUT2D eigenvalue weighted by Crippen LogP contribution is 2.63. The second-order valence-corrected chi connectivity index (χ2v) is 7.97. The molecule has 4 saturated carbocycles. The Bertz CT molecular complexity index is 467. The summed E-state index contributed by atoms with van der Waals surface area (Å²) in [6, 6.07) is 0.633. The zero-order valence-electron chi connectivity index (χ0n) is 12.8. The van der Waals surface area contributed by atoms with Gasteiger partial charge in [0.15, 0.2) is 0 Å². The summed E-state index contributed by atoms with van der Waals surface area (Å²) in [6.07, 6.45) is 12.8. The predicted octanol–water partition coefficient (Wildman–Crippen LogP) is 3.68. The van der Waals surface area contributed by atoms with E-state index in [1.165, 1.54) is 44.2 Å². The topological polar surface area (TPSA) is 43.8 Å². The number of aromatic nitrogens is 2. The van der Waals surface area contributed by atoms with Crippen LogP contribution < -0.4 is 5.73 Å². The van der Waals surface area contributed by atoms with Crippen LogP contribution in [0.25, 0.3) is 0 Å². The van der Waals surface area contributed by atoms with Crippen LogP contribution >= 0.6 is 0 Å². The number of rotatable bonds is 3. The van der Waals surface area contributed by atoms with Gasteiger partial charge in [-0.2, -0.15) is 0 Å². The third kappa shape index (κ3) is 1.78. The molecular formula is C17H27N3. The molecule has 20 heavy (non-hydrogen) atoms. The average Bonchev–Trinajstić information content (AvgIpc) is 2.85. The molecule has 0 aliphatic heterocycles. The Hall–Kier alpha value is -0.830. The smallest absolute Gasteiger partial charge is 0.0951 e. The average molecular weight is 273 g/mol. The van der Waals surface area contributed by atoms with E-state index in [0.717, 1.165) is 17.8 Å². The fraction of sp³-hybridized carbons (Fsp3) is 0.824. The van der Waals surface area contributed by atoms with E-state index in [2.05, 4.69) is 23.4 Å². The van der Waals surface area contributed by atoms with E-state index in [-0.39, 0.29) is 6.04 Å². The largest absolute Gasteiger partial charge is 0.330 e. The van der Waals surface area contributed by atoms with Crippen molar-refractivity contribution in [2.45, 2.75) is 64.5 Å². The number of nitrogens with two attached hydrogens (primary N) is 1. The maximum absolute atomic E-state index is 6.13. The molecule has 110 valence electrons. The number of nitrogens with zero attached hydrogens (tertiary/aromatic N) is 2. The molecule has 1 aromatic rings. The third-order valence-electron chi connectivity index (χ3n) is 6.55. The summed E-state index contributed by atoms with van der Waals surface area (Å²) in [4.78, 5) is 4.37. The van der Waals surface area contributed by atoms with Crippen LogP contribution in [0, 0.1) is 23.2 Å². The number of hydrogen-bond donors (Lipinski definition) is 1. The molecular weight excluding hydrogens is 246 g/mol. The Morgan fingerprint density at radius 2 is 1.70 bits per heavy atom. The van der Waals surface area contributed by atoms with Crippen LogP contribution in [-0.2, 0) is 0 Å². The maximum atomic E-state index is 6.13. The van der Waals surface area contributed by atoms with Gasteiger partial charge in [-0.3, -0.25) is 0 Å². The lowest BCUT2D eigenvalue weighted by Crippen LogP contribution is -2.49. The first-order chi connectivity index (χ1) is 9.57. The molecule has 0 amide bonds. The second-order valence-electron chi connectivity index (χ2n) is 7.97. The van der Waals surface area contributed by atoms with Crippen LogP contribution in [0.3, 0.4) is 0 Å². The van der Waals surface area contributed by atoms with Crippen molar-refractivity contribution in [3.05, 3.63) is 18.2 Å².